The fraction of sp³-hybridized carbons (Fsp3) is 0.0909. The number of allylic oxidation sites excluding steroid dienone is 12. The van der Waals surface area contributed by atoms with Crippen molar-refractivity contribution in [1.82, 2.24) is 0 Å². The molecule has 8 aromatic rings. The van der Waals surface area contributed by atoms with E-state index in [4.69, 9.17) is 11.0 Å². The summed E-state index contributed by atoms with van der Waals surface area (Å²) in [6.45, 7) is 13.8. The molecule has 0 N–H and O–H groups in total. The van der Waals surface area contributed by atoms with Crippen LogP contribution in [0.3, 0.4) is 0 Å². The number of para-hydroxylation sites is 1. The molecular weight excluding hydrogens is 677 g/mol. The Morgan fingerprint density at radius 2 is 1.39 bits per heavy atom. The zero-order valence-corrected chi connectivity index (χ0v) is 31.6. The van der Waals surface area contributed by atoms with E-state index in [1.807, 2.05) is 6.08 Å². The molecule has 3 aliphatic rings. The van der Waals surface area contributed by atoms with Crippen LogP contribution in [0.1, 0.15) is 30.5 Å². The fourth-order valence-electron chi connectivity index (χ4n) is 10.2. The van der Waals surface area contributed by atoms with Gasteiger partial charge in [-0.2, -0.15) is 0 Å². The van der Waals surface area contributed by atoms with E-state index < -0.39 is 0 Å². The quantitative estimate of drug-likeness (QED) is 0.128. The highest BCUT2D eigenvalue weighted by molar-refractivity contribution is 6.22. The molecule has 11 rings (SSSR count). The largest absolute Gasteiger partial charge is 0.456 e. The second-order valence-corrected chi connectivity index (χ2v) is 16.1. The number of hydrogen-bond donors (Lipinski definition) is 0. The van der Waals surface area contributed by atoms with Crippen molar-refractivity contribution >= 4 is 59.8 Å². The zero-order chi connectivity index (χ0) is 37.7. The Morgan fingerprint density at radius 3 is 2.16 bits per heavy atom. The normalized spacial score (nSPS) is 18.1. The lowest BCUT2D eigenvalue weighted by Gasteiger charge is -2.29. The lowest BCUT2D eigenvalue weighted by molar-refractivity contribution is 0.619. The van der Waals surface area contributed by atoms with E-state index in [-0.39, 0.29) is 17.3 Å². The monoisotopic (exact) mass is 716 g/mol. The summed E-state index contributed by atoms with van der Waals surface area (Å²) in [4.78, 5) is 0. The summed E-state index contributed by atoms with van der Waals surface area (Å²) in [6, 6.07) is 42.4. The van der Waals surface area contributed by atoms with Crippen molar-refractivity contribution in [2.45, 2.75) is 19.3 Å². The maximum atomic E-state index is 6.41. The standard InChI is InChI=1S/C55H40O/c1-5-34(38-23-14-16-35-15-6-7-17-39(35)38)31-33(2)50-40-18-8-10-20-42(40)51(43-21-11-9-19-41(43)50)37-26-29-47-46(32-37)44-28-25-36-27-30-49-53(52(36)54(44)55(47,3)4)45-22-12-13-24-48(45)56-49/h5-32,38-39H,1-2H2,3-4H3/b34-31+. The zero-order valence-electron chi connectivity index (χ0n) is 31.6. The van der Waals surface area contributed by atoms with Crippen LogP contribution < -0.4 is 0 Å². The number of fused-ring (bicyclic) bond motifs is 12. The van der Waals surface area contributed by atoms with Gasteiger partial charge >= 0.3 is 0 Å². The van der Waals surface area contributed by atoms with Crippen LogP contribution in [0.5, 0.6) is 0 Å². The molecule has 0 saturated heterocycles. The Bertz CT molecular complexity index is 3140. The molecule has 0 bridgehead atoms. The molecule has 1 heterocycles. The van der Waals surface area contributed by atoms with Crippen LogP contribution in [0.4, 0.5) is 0 Å². The first-order valence-electron chi connectivity index (χ1n) is 19.6. The van der Waals surface area contributed by atoms with E-state index in [1.54, 1.807) is 0 Å². The van der Waals surface area contributed by atoms with Gasteiger partial charge in [0, 0.05) is 28.0 Å². The van der Waals surface area contributed by atoms with E-state index >= 15 is 0 Å². The van der Waals surface area contributed by atoms with E-state index in [9.17, 15) is 0 Å². The second kappa shape index (κ2) is 12.2. The molecule has 0 amide bonds. The van der Waals surface area contributed by atoms with Crippen LogP contribution >= 0.6 is 0 Å². The molecule has 0 fully saturated rings. The molecule has 0 radical (unpaired) electrons. The molecule has 1 aromatic heterocycles. The average molecular weight is 717 g/mol. The third kappa shape index (κ3) is 4.61. The highest BCUT2D eigenvalue weighted by Crippen LogP contribution is 2.55. The van der Waals surface area contributed by atoms with Crippen LogP contribution in [-0.4, -0.2) is 0 Å². The highest BCUT2D eigenvalue weighted by atomic mass is 16.3. The van der Waals surface area contributed by atoms with Crippen molar-refractivity contribution in [3.63, 3.8) is 0 Å². The summed E-state index contributed by atoms with van der Waals surface area (Å²) in [5.41, 5.74) is 14.1. The summed E-state index contributed by atoms with van der Waals surface area (Å²) < 4.78 is 6.41. The third-order valence-corrected chi connectivity index (χ3v) is 12.7. The SMILES string of the molecule is C=C/C(=C\C(=C)c1c2ccccc2c(-c2ccc3c(c2)-c2ccc4ccc5oc6ccccc6c5c4c2C3(C)C)c2ccccc12)C1C=CC=C2C=CC=CC21. The van der Waals surface area contributed by atoms with Gasteiger partial charge in [0.05, 0.1) is 0 Å². The predicted octanol–water partition coefficient (Wildman–Crippen LogP) is 15.0. The van der Waals surface area contributed by atoms with Crippen molar-refractivity contribution < 1.29 is 4.42 Å². The first kappa shape index (κ1) is 32.7. The molecule has 3 aliphatic carbocycles. The van der Waals surface area contributed by atoms with Crippen molar-refractivity contribution in [2.24, 2.45) is 11.8 Å². The lowest BCUT2D eigenvalue weighted by Crippen LogP contribution is -2.17. The van der Waals surface area contributed by atoms with Gasteiger partial charge in [-0.05, 0) is 106 Å². The number of rotatable bonds is 5. The fourth-order valence-corrected chi connectivity index (χ4v) is 10.2. The maximum Gasteiger partial charge on any atom is 0.136 e. The first-order chi connectivity index (χ1) is 27.4. The molecule has 2 atom stereocenters. The van der Waals surface area contributed by atoms with Crippen molar-refractivity contribution in [1.29, 1.82) is 0 Å². The summed E-state index contributed by atoms with van der Waals surface area (Å²) in [5, 5.41) is 9.77. The molecule has 266 valence electrons. The smallest absolute Gasteiger partial charge is 0.136 e. The first-order valence-corrected chi connectivity index (χ1v) is 19.6. The van der Waals surface area contributed by atoms with Gasteiger partial charge in [-0.1, -0.05) is 179 Å². The van der Waals surface area contributed by atoms with Crippen LogP contribution in [0.2, 0.25) is 0 Å². The second-order valence-electron chi connectivity index (χ2n) is 16.1. The highest BCUT2D eigenvalue weighted by Gasteiger charge is 2.38. The van der Waals surface area contributed by atoms with Gasteiger partial charge in [0.25, 0.3) is 0 Å². The van der Waals surface area contributed by atoms with E-state index in [2.05, 4.69) is 184 Å². The molecule has 56 heavy (non-hydrogen) atoms. The number of benzene rings is 7. The van der Waals surface area contributed by atoms with E-state index in [1.165, 1.54) is 93.2 Å². The Morgan fingerprint density at radius 1 is 0.679 bits per heavy atom. The Hall–Kier alpha value is -6.70. The van der Waals surface area contributed by atoms with Gasteiger partial charge in [-0.15, -0.1) is 0 Å². The minimum Gasteiger partial charge on any atom is -0.456 e. The van der Waals surface area contributed by atoms with Gasteiger partial charge in [0.1, 0.15) is 11.2 Å². The Balaban J connectivity index is 1.10. The minimum atomic E-state index is -0.204. The van der Waals surface area contributed by atoms with Gasteiger partial charge in [-0.3, -0.25) is 0 Å². The van der Waals surface area contributed by atoms with Gasteiger partial charge < -0.3 is 4.42 Å². The van der Waals surface area contributed by atoms with Gasteiger partial charge in [0.15, 0.2) is 0 Å². The van der Waals surface area contributed by atoms with E-state index in [0.29, 0.717) is 0 Å². The molecule has 0 spiro atoms. The summed E-state index contributed by atoms with van der Waals surface area (Å²) in [6.07, 6.45) is 19.8. The van der Waals surface area contributed by atoms with Crippen LogP contribution in [-0.2, 0) is 5.41 Å². The Kier molecular flexibility index (Phi) is 7.10. The molecule has 2 unspecified atom stereocenters. The maximum absolute atomic E-state index is 6.41. The molecule has 7 aromatic carbocycles. The van der Waals surface area contributed by atoms with Gasteiger partial charge in [-0.25, -0.2) is 0 Å². The summed E-state index contributed by atoms with van der Waals surface area (Å²) >= 11 is 0. The lowest BCUT2D eigenvalue weighted by atomic mass is 9.75. The van der Waals surface area contributed by atoms with Crippen LogP contribution in [0, 0.1) is 11.8 Å². The van der Waals surface area contributed by atoms with E-state index in [0.717, 1.165) is 16.7 Å². The van der Waals surface area contributed by atoms with Crippen molar-refractivity contribution in [2.75, 3.05) is 0 Å². The van der Waals surface area contributed by atoms with Crippen LogP contribution in [0.15, 0.2) is 199 Å². The number of furan rings is 1. The summed E-state index contributed by atoms with van der Waals surface area (Å²) in [5.74, 6) is 0.483. The van der Waals surface area contributed by atoms with Crippen LogP contribution in [0.25, 0.3) is 82.1 Å². The topological polar surface area (TPSA) is 13.1 Å². The average Bonchev–Trinajstić information content (AvgIpc) is 3.73. The molecule has 0 aliphatic heterocycles. The minimum absolute atomic E-state index is 0.196. The Labute approximate surface area is 327 Å². The number of hydrogen-bond acceptors (Lipinski definition) is 1. The van der Waals surface area contributed by atoms with Crippen molar-refractivity contribution in [3.8, 4) is 22.3 Å². The molecule has 1 heteroatoms. The molecular formula is C55H40O. The van der Waals surface area contributed by atoms with Gasteiger partial charge in [0.2, 0.25) is 0 Å². The molecule has 0 saturated carbocycles. The summed E-state index contributed by atoms with van der Waals surface area (Å²) in [7, 11) is 0. The molecule has 1 nitrogen and oxygen atoms in total. The predicted molar refractivity (Wildman–Crippen MR) is 239 cm³/mol. The third-order valence-electron chi connectivity index (χ3n) is 12.7. The van der Waals surface area contributed by atoms with Crippen molar-refractivity contribution in [3.05, 3.63) is 211 Å².